The molecule has 2 aromatic carbocycles. The lowest BCUT2D eigenvalue weighted by Crippen LogP contribution is -2.06. The maximum atomic E-state index is 13.1. The molecular formula is C18H14Cl2F3NO. The second-order valence-electron chi connectivity index (χ2n) is 5.95. The van der Waals surface area contributed by atoms with Crippen LogP contribution in [0.3, 0.4) is 0 Å². The van der Waals surface area contributed by atoms with Gasteiger partial charge in [0.15, 0.2) is 0 Å². The van der Waals surface area contributed by atoms with Gasteiger partial charge in [-0.15, -0.1) is 0 Å². The first-order chi connectivity index (χ1) is 11.6. The third-order valence-electron chi connectivity index (χ3n) is 4.32. The van der Waals surface area contributed by atoms with Gasteiger partial charge in [-0.2, -0.15) is 13.2 Å². The molecule has 1 aromatic heterocycles. The van der Waals surface area contributed by atoms with Crippen molar-refractivity contribution in [3.8, 4) is 5.75 Å². The van der Waals surface area contributed by atoms with Crippen molar-refractivity contribution in [2.75, 3.05) is 0 Å². The fourth-order valence-corrected chi connectivity index (χ4v) is 3.43. The Morgan fingerprint density at radius 2 is 1.80 bits per heavy atom. The van der Waals surface area contributed by atoms with Gasteiger partial charge in [-0.3, -0.25) is 0 Å². The average molecular weight is 388 g/mol. The molecule has 0 amide bonds. The molecule has 0 aliphatic rings. The zero-order valence-electron chi connectivity index (χ0n) is 13.4. The summed E-state index contributed by atoms with van der Waals surface area (Å²) in [6, 6.07) is 7.03. The van der Waals surface area contributed by atoms with E-state index in [-0.39, 0.29) is 17.2 Å². The number of nitrogens with zero attached hydrogens (tertiary/aromatic N) is 1. The summed E-state index contributed by atoms with van der Waals surface area (Å²) in [5, 5.41) is 11.0. The summed E-state index contributed by atoms with van der Waals surface area (Å²) >= 11 is 12.3. The maximum absolute atomic E-state index is 13.1. The molecule has 0 aliphatic heterocycles. The second-order valence-corrected chi connectivity index (χ2v) is 6.74. The summed E-state index contributed by atoms with van der Waals surface area (Å²) in [5.41, 5.74) is 1.61. The SMILES string of the molecule is Cc1cc(C(F)(F)F)cc2c1cc(Cc1c(Cl)ccc(O)c1Cl)n2C. The number of hydrogen-bond acceptors (Lipinski definition) is 1. The summed E-state index contributed by atoms with van der Waals surface area (Å²) in [6.45, 7) is 1.65. The lowest BCUT2D eigenvalue weighted by Gasteiger charge is -2.11. The molecule has 3 aromatic rings. The number of aromatic nitrogens is 1. The van der Waals surface area contributed by atoms with Gasteiger partial charge in [-0.25, -0.2) is 0 Å². The number of phenolic OH excluding ortho intramolecular Hbond substituents is 1. The first-order valence-electron chi connectivity index (χ1n) is 7.41. The summed E-state index contributed by atoms with van der Waals surface area (Å²) in [5.74, 6) is -0.0876. The van der Waals surface area contributed by atoms with Gasteiger partial charge in [0.25, 0.3) is 0 Å². The third-order valence-corrected chi connectivity index (χ3v) is 5.09. The Kier molecular flexibility index (Phi) is 4.41. The number of aryl methyl sites for hydroxylation is 2. The van der Waals surface area contributed by atoms with Crippen LogP contribution in [0.15, 0.2) is 30.3 Å². The van der Waals surface area contributed by atoms with E-state index in [1.54, 1.807) is 18.5 Å². The largest absolute Gasteiger partial charge is 0.506 e. The monoisotopic (exact) mass is 387 g/mol. The normalized spacial score (nSPS) is 12.1. The van der Waals surface area contributed by atoms with Crippen molar-refractivity contribution >= 4 is 34.1 Å². The molecule has 0 saturated carbocycles. The Hall–Kier alpha value is -1.85. The molecule has 0 unspecified atom stereocenters. The molecule has 132 valence electrons. The van der Waals surface area contributed by atoms with Crippen LogP contribution in [0.1, 0.15) is 22.4 Å². The van der Waals surface area contributed by atoms with Crippen molar-refractivity contribution in [2.45, 2.75) is 19.5 Å². The van der Waals surface area contributed by atoms with E-state index in [1.807, 2.05) is 6.07 Å². The number of halogens is 5. The summed E-state index contributed by atoms with van der Waals surface area (Å²) < 4.78 is 40.9. The number of benzene rings is 2. The fourth-order valence-electron chi connectivity index (χ4n) is 2.92. The van der Waals surface area contributed by atoms with Gasteiger partial charge >= 0.3 is 6.18 Å². The highest BCUT2D eigenvalue weighted by Crippen LogP contribution is 2.37. The van der Waals surface area contributed by atoms with Gasteiger partial charge in [-0.1, -0.05) is 23.2 Å². The molecule has 0 atom stereocenters. The molecule has 0 aliphatic carbocycles. The maximum Gasteiger partial charge on any atom is 0.416 e. The highest BCUT2D eigenvalue weighted by Gasteiger charge is 2.31. The van der Waals surface area contributed by atoms with Gasteiger partial charge in [0.2, 0.25) is 0 Å². The van der Waals surface area contributed by atoms with Gasteiger partial charge in [0, 0.05) is 35.1 Å². The molecule has 0 radical (unpaired) electrons. The zero-order valence-corrected chi connectivity index (χ0v) is 14.9. The minimum Gasteiger partial charge on any atom is -0.506 e. The van der Waals surface area contributed by atoms with Gasteiger partial charge in [-0.05, 0) is 48.4 Å². The standard InChI is InChI=1S/C18H14Cl2F3NO/c1-9-5-10(18(21,22)23)6-15-12(9)7-11(24(15)2)8-13-14(19)3-4-16(25)17(13)20/h3-7,25H,8H2,1-2H3. The van der Waals surface area contributed by atoms with E-state index < -0.39 is 11.7 Å². The fraction of sp³-hybridized carbons (Fsp3) is 0.222. The Bertz CT molecular complexity index is 977. The average Bonchev–Trinajstić information content (AvgIpc) is 2.84. The molecule has 0 fully saturated rings. The van der Waals surface area contributed by atoms with E-state index in [0.29, 0.717) is 21.7 Å². The molecule has 1 N–H and O–H groups in total. The van der Waals surface area contributed by atoms with Crippen molar-refractivity contribution < 1.29 is 18.3 Å². The molecule has 0 bridgehead atoms. The first-order valence-corrected chi connectivity index (χ1v) is 8.17. The van der Waals surface area contributed by atoms with Crippen molar-refractivity contribution in [3.63, 3.8) is 0 Å². The number of alkyl halides is 3. The first kappa shape index (κ1) is 18.0. The number of fused-ring (bicyclic) bond motifs is 1. The number of phenols is 1. The number of aromatic hydroxyl groups is 1. The minimum absolute atomic E-state index is 0.0876. The van der Waals surface area contributed by atoms with E-state index in [4.69, 9.17) is 23.2 Å². The molecule has 2 nitrogen and oxygen atoms in total. The molecular weight excluding hydrogens is 374 g/mol. The molecule has 0 saturated heterocycles. The Labute approximate surface area is 152 Å². The minimum atomic E-state index is -4.40. The van der Waals surface area contributed by atoms with Crippen molar-refractivity contribution in [1.29, 1.82) is 0 Å². The van der Waals surface area contributed by atoms with Crippen LogP contribution in [-0.4, -0.2) is 9.67 Å². The lowest BCUT2D eigenvalue weighted by atomic mass is 10.1. The number of hydrogen-bond donors (Lipinski definition) is 1. The third kappa shape index (κ3) is 3.18. The van der Waals surface area contributed by atoms with Crippen LogP contribution in [0.5, 0.6) is 5.75 Å². The molecule has 7 heteroatoms. The van der Waals surface area contributed by atoms with Crippen molar-refractivity contribution in [2.24, 2.45) is 7.05 Å². The Morgan fingerprint density at radius 3 is 2.44 bits per heavy atom. The van der Waals surface area contributed by atoms with E-state index in [2.05, 4.69) is 0 Å². The molecule has 25 heavy (non-hydrogen) atoms. The lowest BCUT2D eigenvalue weighted by molar-refractivity contribution is -0.137. The summed E-state index contributed by atoms with van der Waals surface area (Å²) in [7, 11) is 1.70. The predicted octanol–water partition coefficient (Wildman–Crippen LogP) is 6.11. The van der Waals surface area contributed by atoms with E-state index in [0.717, 1.165) is 23.2 Å². The van der Waals surface area contributed by atoms with Crippen LogP contribution in [0.2, 0.25) is 10.0 Å². The second kappa shape index (κ2) is 6.15. The van der Waals surface area contributed by atoms with E-state index >= 15 is 0 Å². The number of rotatable bonds is 2. The van der Waals surface area contributed by atoms with Crippen LogP contribution >= 0.6 is 23.2 Å². The quantitative estimate of drug-likeness (QED) is 0.563. The van der Waals surface area contributed by atoms with Crippen LogP contribution in [-0.2, 0) is 19.6 Å². The highest BCUT2D eigenvalue weighted by molar-refractivity contribution is 6.36. The Morgan fingerprint density at radius 1 is 1.12 bits per heavy atom. The van der Waals surface area contributed by atoms with Crippen LogP contribution in [0.4, 0.5) is 13.2 Å². The topological polar surface area (TPSA) is 25.2 Å². The van der Waals surface area contributed by atoms with Crippen molar-refractivity contribution in [1.82, 2.24) is 4.57 Å². The summed E-state index contributed by atoms with van der Waals surface area (Å²) in [6.07, 6.45) is -4.11. The van der Waals surface area contributed by atoms with Gasteiger partial charge in [0.1, 0.15) is 5.75 Å². The van der Waals surface area contributed by atoms with Crippen molar-refractivity contribution in [3.05, 3.63) is 62.8 Å². The molecule has 3 rings (SSSR count). The van der Waals surface area contributed by atoms with Gasteiger partial charge < -0.3 is 9.67 Å². The van der Waals surface area contributed by atoms with E-state index in [1.165, 1.54) is 12.1 Å². The van der Waals surface area contributed by atoms with Crippen LogP contribution < -0.4 is 0 Å². The molecule has 1 heterocycles. The highest BCUT2D eigenvalue weighted by atomic mass is 35.5. The van der Waals surface area contributed by atoms with Gasteiger partial charge in [0.05, 0.1) is 10.6 Å². The Balaban J connectivity index is 2.15. The summed E-state index contributed by atoms with van der Waals surface area (Å²) in [4.78, 5) is 0. The zero-order chi connectivity index (χ0) is 18.5. The van der Waals surface area contributed by atoms with Crippen LogP contribution in [0, 0.1) is 6.92 Å². The smallest absolute Gasteiger partial charge is 0.416 e. The van der Waals surface area contributed by atoms with Crippen LogP contribution in [0.25, 0.3) is 10.9 Å². The predicted molar refractivity (Wildman–Crippen MR) is 93.6 cm³/mol. The molecule has 0 spiro atoms. The van der Waals surface area contributed by atoms with E-state index in [9.17, 15) is 18.3 Å².